The number of nitrogens with zero attached hydrogens (tertiary/aromatic N) is 3. The van der Waals surface area contributed by atoms with E-state index in [0.29, 0.717) is 0 Å². The molecule has 0 radical (unpaired) electrons. The van der Waals surface area contributed by atoms with Crippen LogP contribution in [0.4, 0.5) is 0 Å². The van der Waals surface area contributed by atoms with Crippen molar-refractivity contribution in [1.29, 1.82) is 0 Å². The lowest BCUT2D eigenvalue weighted by Gasteiger charge is -2.33. The Balaban J connectivity index is 2.03. The summed E-state index contributed by atoms with van der Waals surface area (Å²) in [5.41, 5.74) is 5.77. The lowest BCUT2D eigenvalue weighted by Crippen LogP contribution is -2.51. The highest BCUT2D eigenvalue weighted by Gasteiger charge is 2.30. The molecule has 0 unspecified atom stereocenters. The highest BCUT2D eigenvalue weighted by molar-refractivity contribution is 7.89. The molecule has 1 heterocycles. The van der Waals surface area contributed by atoms with Gasteiger partial charge >= 0.3 is 0 Å². The predicted octanol–water partition coefficient (Wildman–Crippen LogP) is -0.245. The molecule has 1 saturated carbocycles. The van der Waals surface area contributed by atoms with E-state index in [4.69, 9.17) is 5.73 Å². The third kappa shape index (κ3) is 2.88. The van der Waals surface area contributed by atoms with Crippen molar-refractivity contribution in [2.45, 2.75) is 42.7 Å². The van der Waals surface area contributed by atoms with Crippen molar-refractivity contribution in [3.63, 3.8) is 0 Å². The SMILES string of the molecule is Cn1nncc1S(=O)(=O)NCC1(N)CCCCC1. The van der Waals surface area contributed by atoms with E-state index in [1.54, 1.807) is 7.05 Å². The maximum Gasteiger partial charge on any atom is 0.259 e. The number of nitrogens with one attached hydrogen (secondary N) is 1. The average molecular weight is 273 g/mol. The zero-order valence-electron chi connectivity index (χ0n) is 10.5. The van der Waals surface area contributed by atoms with E-state index >= 15 is 0 Å². The molecule has 3 N–H and O–H groups in total. The van der Waals surface area contributed by atoms with Gasteiger partial charge in [0.2, 0.25) is 0 Å². The average Bonchev–Trinajstić information content (AvgIpc) is 2.75. The Morgan fingerprint density at radius 2 is 2.11 bits per heavy atom. The van der Waals surface area contributed by atoms with Crippen molar-refractivity contribution in [3.05, 3.63) is 6.20 Å². The van der Waals surface area contributed by atoms with Crippen molar-refractivity contribution in [3.8, 4) is 0 Å². The van der Waals surface area contributed by atoms with Crippen LogP contribution in [0.1, 0.15) is 32.1 Å². The molecular formula is C10H19N5O2S. The molecule has 0 aromatic carbocycles. The van der Waals surface area contributed by atoms with Gasteiger partial charge in [-0.2, -0.15) is 0 Å². The number of aromatic nitrogens is 3. The lowest BCUT2D eigenvalue weighted by atomic mass is 9.83. The van der Waals surface area contributed by atoms with Gasteiger partial charge < -0.3 is 5.73 Å². The van der Waals surface area contributed by atoms with Crippen molar-refractivity contribution in [2.75, 3.05) is 6.54 Å². The normalized spacial score (nSPS) is 19.9. The molecule has 0 saturated heterocycles. The molecule has 0 atom stereocenters. The summed E-state index contributed by atoms with van der Waals surface area (Å²) in [6, 6.07) is 0. The van der Waals surface area contributed by atoms with Crippen LogP contribution in [0.15, 0.2) is 11.2 Å². The van der Waals surface area contributed by atoms with Crippen molar-refractivity contribution < 1.29 is 8.42 Å². The highest BCUT2D eigenvalue weighted by Crippen LogP contribution is 2.25. The van der Waals surface area contributed by atoms with Gasteiger partial charge in [0.1, 0.15) is 0 Å². The van der Waals surface area contributed by atoms with Gasteiger partial charge in [0.05, 0.1) is 6.20 Å². The van der Waals surface area contributed by atoms with Gasteiger partial charge in [-0.15, -0.1) is 5.10 Å². The molecule has 18 heavy (non-hydrogen) atoms. The maximum absolute atomic E-state index is 12.0. The van der Waals surface area contributed by atoms with E-state index in [9.17, 15) is 8.42 Å². The van der Waals surface area contributed by atoms with E-state index in [2.05, 4.69) is 15.0 Å². The minimum atomic E-state index is -3.58. The number of aryl methyl sites for hydroxylation is 1. The van der Waals surface area contributed by atoms with Crippen LogP contribution < -0.4 is 10.5 Å². The van der Waals surface area contributed by atoms with Crippen molar-refractivity contribution >= 4 is 10.0 Å². The van der Waals surface area contributed by atoms with Gasteiger partial charge in [-0.3, -0.25) is 0 Å². The first kappa shape index (κ1) is 13.4. The molecule has 1 aliphatic rings. The van der Waals surface area contributed by atoms with Crippen molar-refractivity contribution in [1.82, 2.24) is 19.7 Å². The third-order valence-corrected chi connectivity index (χ3v) is 4.86. The van der Waals surface area contributed by atoms with Gasteiger partial charge in [0.25, 0.3) is 10.0 Å². The lowest BCUT2D eigenvalue weighted by molar-refractivity contribution is 0.296. The van der Waals surface area contributed by atoms with Gasteiger partial charge in [-0.25, -0.2) is 17.8 Å². The Morgan fingerprint density at radius 3 is 2.67 bits per heavy atom. The molecule has 1 aliphatic carbocycles. The van der Waals surface area contributed by atoms with Gasteiger partial charge in [0, 0.05) is 19.1 Å². The van der Waals surface area contributed by atoms with E-state index in [-0.39, 0.29) is 11.6 Å². The van der Waals surface area contributed by atoms with Gasteiger partial charge in [-0.1, -0.05) is 24.5 Å². The first-order valence-electron chi connectivity index (χ1n) is 6.06. The van der Waals surface area contributed by atoms with E-state index < -0.39 is 15.6 Å². The Morgan fingerprint density at radius 1 is 1.44 bits per heavy atom. The molecule has 1 fully saturated rings. The summed E-state index contributed by atoms with van der Waals surface area (Å²) in [7, 11) is -2.04. The molecule has 7 nitrogen and oxygen atoms in total. The third-order valence-electron chi connectivity index (χ3n) is 3.41. The molecule has 102 valence electrons. The summed E-state index contributed by atoms with van der Waals surface area (Å²) in [6.45, 7) is 0.264. The highest BCUT2D eigenvalue weighted by atomic mass is 32.2. The second-order valence-electron chi connectivity index (χ2n) is 4.94. The number of rotatable bonds is 4. The van der Waals surface area contributed by atoms with Crippen LogP contribution in [0.25, 0.3) is 0 Å². The Hall–Kier alpha value is -0.990. The summed E-state index contributed by atoms with van der Waals surface area (Å²) < 4.78 is 27.9. The molecule has 1 aromatic heterocycles. The predicted molar refractivity (Wildman–Crippen MR) is 66.2 cm³/mol. The number of nitrogens with two attached hydrogens (primary N) is 1. The minimum Gasteiger partial charge on any atom is -0.324 e. The van der Waals surface area contributed by atoms with Crippen LogP contribution in [0.2, 0.25) is 0 Å². The summed E-state index contributed by atoms with van der Waals surface area (Å²) >= 11 is 0. The molecule has 0 aliphatic heterocycles. The first-order chi connectivity index (χ1) is 8.43. The molecule has 8 heteroatoms. The Labute approximate surface area is 107 Å². The molecule has 0 amide bonds. The van der Waals surface area contributed by atoms with E-state index in [1.165, 1.54) is 17.3 Å². The fraction of sp³-hybridized carbons (Fsp3) is 0.800. The van der Waals surface area contributed by atoms with Gasteiger partial charge in [-0.05, 0) is 12.8 Å². The fourth-order valence-electron chi connectivity index (χ4n) is 2.27. The number of hydrogen-bond acceptors (Lipinski definition) is 5. The zero-order chi connectivity index (χ0) is 13.2. The standard InChI is InChI=1S/C10H19N5O2S/c1-15-9(7-12-14-15)18(16,17)13-8-10(11)5-3-2-4-6-10/h7,13H,2-6,8,11H2,1H3. The Bertz CT molecular complexity index is 504. The maximum atomic E-state index is 12.0. The molecule has 0 spiro atoms. The Kier molecular flexibility index (Phi) is 3.69. The summed E-state index contributed by atoms with van der Waals surface area (Å²) in [4.78, 5) is 0. The molecular weight excluding hydrogens is 254 g/mol. The monoisotopic (exact) mass is 273 g/mol. The van der Waals surface area contributed by atoms with E-state index in [1.807, 2.05) is 0 Å². The minimum absolute atomic E-state index is 0.0573. The quantitative estimate of drug-likeness (QED) is 0.787. The number of hydrogen-bond donors (Lipinski definition) is 2. The fourth-order valence-corrected chi connectivity index (χ4v) is 3.46. The largest absolute Gasteiger partial charge is 0.324 e. The van der Waals surface area contributed by atoms with E-state index in [0.717, 1.165) is 25.7 Å². The molecule has 1 aromatic rings. The smallest absolute Gasteiger partial charge is 0.259 e. The second-order valence-corrected chi connectivity index (χ2v) is 6.66. The van der Waals surface area contributed by atoms with Crippen LogP contribution in [0.5, 0.6) is 0 Å². The van der Waals surface area contributed by atoms with Crippen LogP contribution >= 0.6 is 0 Å². The summed E-state index contributed by atoms with van der Waals surface area (Å²) in [6.07, 6.45) is 6.25. The topological polar surface area (TPSA) is 103 Å². The summed E-state index contributed by atoms with van der Waals surface area (Å²) in [5.74, 6) is 0. The zero-order valence-corrected chi connectivity index (χ0v) is 11.3. The first-order valence-corrected chi connectivity index (χ1v) is 7.55. The van der Waals surface area contributed by atoms with Crippen LogP contribution in [-0.2, 0) is 17.1 Å². The second kappa shape index (κ2) is 4.94. The van der Waals surface area contributed by atoms with Crippen LogP contribution in [-0.4, -0.2) is 35.5 Å². The molecule has 2 rings (SSSR count). The van der Waals surface area contributed by atoms with Crippen LogP contribution in [0, 0.1) is 0 Å². The summed E-state index contributed by atoms with van der Waals surface area (Å²) in [5, 5.41) is 7.23. The number of sulfonamides is 1. The van der Waals surface area contributed by atoms with Crippen molar-refractivity contribution in [2.24, 2.45) is 12.8 Å². The van der Waals surface area contributed by atoms with Gasteiger partial charge in [0.15, 0.2) is 5.03 Å². The molecule has 0 bridgehead atoms. The van der Waals surface area contributed by atoms with Crippen LogP contribution in [0.3, 0.4) is 0 Å².